The van der Waals surface area contributed by atoms with E-state index < -0.39 is 94.8 Å². The molecule has 86 heavy (non-hydrogen) atoms. The number of carbonyl (C=O) groups excluding carboxylic acids is 4. The van der Waals surface area contributed by atoms with E-state index >= 15 is 0 Å². The zero-order valence-corrected chi connectivity index (χ0v) is 48.1. The molecular weight excluding hydrogens is 1130 g/mol. The largest absolute Gasteiger partial charge is 0.446 e. The highest BCUT2D eigenvalue weighted by atomic mass is 16.6. The summed E-state index contributed by atoms with van der Waals surface area (Å²) in [6.07, 6.45) is 5.40. The lowest BCUT2D eigenvalue weighted by Gasteiger charge is -2.40. The van der Waals surface area contributed by atoms with Crippen LogP contribution in [0.25, 0.3) is 0 Å². The van der Waals surface area contributed by atoms with Crippen LogP contribution in [0.5, 0.6) is 0 Å². The molecule has 1 aromatic carbocycles. The first-order chi connectivity index (χ1) is 40.7. The molecule has 9 heterocycles. The number of guanidine groups is 6. The summed E-state index contributed by atoms with van der Waals surface area (Å²) in [5, 5.41) is 92.6. The number of carbonyl (C=O) groups is 4. The van der Waals surface area contributed by atoms with Crippen molar-refractivity contribution in [2.75, 3.05) is 73.4 Å². The van der Waals surface area contributed by atoms with Gasteiger partial charge in [-0.05, 0) is 12.0 Å². The average Bonchev–Trinajstić information content (AvgIpc) is 1.56. The van der Waals surface area contributed by atoms with Crippen molar-refractivity contribution in [2.45, 2.75) is 129 Å². The third-order valence-corrected chi connectivity index (χ3v) is 16.4. The maximum Gasteiger partial charge on any atom is 0.409 e. The molecule has 9 aliphatic rings. The van der Waals surface area contributed by atoms with E-state index in [0.717, 1.165) is 24.8 Å². The molecule has 3 spiro atoms. The van der Waals surface area contributed by atoms with Gasteiger partial charge in [0.15, 0.2) is 24.7 Å². The molecule has 0 aromatic heterocycles. The molecule has 6 unspecified atom stereocenters. The fourth-order valence-corrected chi connectivity index (χ4v) is 12.3. The van der Waals surface area contributed by atoms with E-state index in [1.165, 1.54) is 24.0 Å². The molecule has 0 radical (unpaired) electrons. The summed E-state index contributed by atoms with van der Waals surface area (Å²) in [6, 6.07) is 5.75. The Morgan fingerprint density at radius 1 is 0.628 bits per heavy atom. The van der Waals surface area contributed by atoms with Crippen molar-refractivity contribution in [3.63, 3.8) is 0 Å². The summed E-state index contributed by atoms with van der Waals surface area (Å²) in [7, 11) is 3.15. The van der Waals surface area contributed by atoms with E-state index in [9.17, 15) is 49.8 Å². The third-order valence-electron chi connectivity index (χ3n) is 16.4. The summed E-state index contributed by atoms with van der Waals surface area (Å²) in [4.78, 5) is 62.7. The minimum atomic E-state index is -2.14. The number of aliphatic hydroxyl groups is 6. The molecule has 37 nitrogen and oxygen atoms in total. The Bertz CT molecular complexity index is 2920. The number of nitrogens with zero attached hydrogens (tertiary/aromatic N) is 5. The Hall–Kier alpha value is -8.65. The standard InChI is InChI=1S/C20H27N9O6.C17H31N7O4.C12H21N7O4/c21-16-27-15-13(26-17(22)29-7-6-19(32,33)20(15,29)28-16)9-34-18(31)24-11-23-14(30)10-35-25-8-12-4-2-1-3-5-12;1-2-3-4-5-6-8-20-15(25)28-10-11-12-17(23-13(18)22-12)16(26,27)7-9-24(17)14(19)21-11;1-18(2)10(20)23-5-6-7-12(17-8(13)16-7)11(21,22)3-4-19(12)9(14)15-6/h1-5,8,13,15,32-33H,6-7,9-11H2,(H7,21,22,23,24,26,27,28,30,31);11-12,26-27H,2-10H2,1H3,(H6,18,19,20,21,22,23,25);6-7,21-22H,3-5H2,1-2H3,(H5,13,14,15,16,17)/p+6/b25-8+;;/t13?,15-,20?;11?,12-,17?;6?,7-,12?/m000/s1. The molecule has 3 fully saturated rings. The van der Waals surface area contributed by atoms with Gasteiger partial charge >= 0.3 is 54.0 Å². The van der Waals surface area contributed by atoms with Gasteiger partial charge in [0.05, 0.1) is 32.5 Å². The van der Waals surface area contributed by atoms with Gasteiger partial charge in [-0.1, -0.05) is 68.1 Å². The fraction of sp³-hybridized carbons (Fsp3) is 0.653. The van der Waals surface area contributed by atoms with Gasteiger partial charge in [0.1, 0.15) is 37.9 Å². The Balaban J connectivity index is 0.000000171. The monoisotopic (exact) mass is 1220 g/mol. The molecule has 0 aliphatic carbocycles. The lowest BCUT2D eigenvalue weighted by atomic mass is 9.87. The second kappa shape index (κ2) is 25.5. The van der Waals surface area contributed by atoms with Crippen LogP contribution in [-0.4, -0.2) is 259 Å². The van der Waals surface area contributed by atoms with Gasteiger partial charge in [0.2, 0.25) is 17.4 Å². The zero-order chi connectivity index (χ0) is 62.4. The predicted molar refractivity (Wildman–Crippen MR) is 299 cm³/mol. The molecule has 3 saturated heterocycles. The highest BCUT2D eigenvalue weighted by Crippen LogP contribution is 2.39. The third kappa shape index (κ3) is 12.4. The van der Waals surface area contributed by atoms with Crippen molar-refractivity contribution < 1.29 is 97.6 Å². The second-order valence-electron chi connectivity index (χ2n) is 22.2. The number of nitrogens with one attached hydrogen (secondary N) is 12. The van der Waals surface area contributed by atoms with Crippen LogP contribution in [0.3, 0.4) is 0 Å². The maximum absolute atomic E-state index is 12.1. The van der Waals surface area contributed by atoms with E-state index in [0.29, 0.717) is 19.6 Å². The van der Waals surface area contributed by atoms with Crippen molar-refractivity contribution >= 4 is 66.2 Å². The molecule has 4 amide bonds. The Morgan fingerprint density at radius 3 is 1.48 bits per heavy atom. The van der Waals surface area contributed by atoms with Gasteiger partial charge < -0.3 is 70.5 Å². The zero-order valence-electron chi connectivity index (χ0n) is 48.1. The SMILES string of the molecule is CCCCCCCNC(=O)OCC1NC(N)=[N+]2CCC(O)(O)C23NC(N)=[NH+][C@@H]13.CN(C)C(=O)OCC1NC(N)=[N+]2CCC(O)(O)C23NC(N)=[NH+][C@@H]13.NC1=[NH+][C@H]2C(COC(=O)NCNC(=O)CO/N=C/c3ccccc3)NC(N)=[N+]3CCC(O)(O)C23N1. The first kappa shape index (κ1) is 63.4. The average molecular weight is 1220 g/mol. The molecule has 1 aromatic rings. The van der Waals surface area contributed by atoms with Gasteiger partial charge in [-0.2, -0.15) is 0 Å². The number of ether oxygens (including phenoxy) is 3. The smallest absolute Gasteiger partial charge is 0.409 e. The number of alkyl carbamates (subject to hydrolysis) is 2. The molecular formula is C49H85N23O14+6. The van der Waals surface area contributed by atoms with Crippen molar-refractivity contribution in [1.82, 2.24) is 52.8 Å². The lowest BCUT2D eigenvalue weighted by Crippen LogP contribution is -2.91. The van der Waals surface area contributed by atoms with Gasteiger partial charge in [-0.3, -0.25) is 70.1 Å². The second-order valence-corrected chi connectivity index (χ2v) is 22.2. The Morgan fingerprint density at radius 2 is 1.05 bits per heavy atom. The molecule has 0 bridgehead atoms. The van der Waals surface area contributed by atoms with Gasteiger partial charge in [-0.15, -0.1) is 0 Å². The van der Waals surface area contributed by atoms with E-state index in [-0.39, 0.29) is 94.7 Å². The first-order valence-corrected chi connectivity index (χ1v) is 28.2. The molecule has 9 atom stereocenters. The van der Waals surface area contributed by atoms with Crippen LogP contribution in [0.4, 0.5) is 14.4 Å². The number of hydrogen-bond acceptors (Lipinski definition) is 27. The summed E-state index contributed by atoms with van der Waals surface area (Å²) in [6.45, 7) is 2.94. The normalized spacial score (nSPS) is 29.5. The quantitative estimate of drug-likeness (QED) is 0.0162. The molecule has 30 N–H and O–H groups in total. The van der Waals surface area contributed by atoms with Crippen LogP contribution in [0.1, 0.15) is 63.9 Å². The summed E-state index contributed by atoms with van der Waals surface area (Å²) >= 11 is 0. The van der Waals surface area contributed by atoms with Crippen LogP contribution in [0.15, 0.2) is 35.5 Å². The van der Waals surface area contributed by atoms with Crippen molar-refractivity contribution in [3.8, 4) is 0 Å². The van der Waals surface area contributed by atoms with Crippen LogP contribution in [0, 0.1) is 0 Å². The number of rotatable bonds is 18. The number of oxime groups is 1. The topological polar surface area (TPSA) is 558 Å². The highest BCUT2D eigenvalue weighted by Gasteiger charge is 2.77. The lowest BCUT2D eigenvalue weighted by molar-refractivity contribution is -0.674. The fourth-order valence-electron chi connectivity index (χ4n) is 12.3. The van der Waals surface area contributed by atoms with Crippen LogP contribution in [-0.2, 0) is 23.8 Å². The van der Waals surface area contributed by atoms with Crippen molar-refractivity contribution in [3.05, 3.63) is 35.9 Å². The van der Waals surface area contributed by atoms with Crippen LogP contribution < -0.4 is 97.2 Å². The number of unbranched alkanes of at least 4 members (excludes halogenated alkanes) is 4. The van der Waals surface area contributed by atoms with E-state index in [1.807, 2.05) is 30.3 Å². The minimum Gasteiger partial charge on any atom is -0.446 e. The van der Waals surface area contributed by atoms with E-state index in [1.54, 1.807) is 27.8 Å². The van der Waals surface area contributed by atoms with Crippen molar-refractivity contribution in [1.29, 1.82) is 0 Å². The van der Waals surface area contributed by atoms with Crippen LogP contribution in [0.2, 0.25) is 0 Å². The number of amides is 4. The summed E-state index contributed by atoms with van der Waals surface area (Å²) in [5.41, 5.74) is 32.6. The molecule has 0 saturated carbocycles. The minimum absolute atomic E-state index is 0.0132. The van der Waals surface area contributed by atoms with Gasteiger partial charge in [-0.25, -0.2) is 44.1 Å². The molecule has 10 rings (SSSR count). The van der Waals surface area contributed by atoms with Crippen molar-refractivity contribution in [2.24, 2.45) is 39.6 Å². The summed E-state index contributed by atoms with van der Waals surface area (Å²) < 4.78 is 20.6. The first-order valence-electron chi connectivity index (χ1n) is 28.2. The molecule has 474 valence electrons. The van der Waals surface area contributed by atoms with Crippen LogP contribution >= 0.6 is 0 Å². The van der Waals surface area contributed by atoms with Gasteiger partial charge in [0.25, 0.3) is 22.9 Å². The molecule has 9 aliphatic heterocycles. The van der Waals surface area contributed by atoms with Gasteiger partial charge in [0, 0.05) is 39.9 Å². The Labute approximate surface area is 493 Å². The Kier molecular flexibility index (Phi) is 18.8. The number of hydrogen-bond donors (Lipinski definition) is 24. The number of benzene rings is 1. The maximum atomic E-state index is 12.1. The summed E-state index contributed by atoms with van der Waals surface area (Å²) in [5.74, 6) is -5.47. The highest BCUT2D eigenvalue weighted by molar-refractivity contribution is 5.81. The molecule has 37 heteroatoms. The van der Waals surface area contributed by atoms with E-state index in [2.05, 4.69) is 74.9 Å². The van der Waals surface area contributed by atoms with E-state index in [4.69, 9.17) is 53.5 Å². The predicted octanol–water partition coefficient (Wildman–Crippen LogP) is -15.5. The number of nitrogens with two attached hydrogens (primary N) is 6.